The number of rotatable bonds is 5. The SMILES string of the molecule is CCCOc1ccc(C(=O)C(F)(F)C(F)(F)F)cc1Br. The molecule has 8 heteroatoms. The molecule has 0 spiro atoms. The molecule has 0 atom stereocenters. The van der Waals surface area contributed by atoms with E-state index in [0.717, 1.165) is 12.1 Å². The molecule has 112 valence electrons. The highest BCUT2D eigenvalue weighted by Crippen LogP contribution is 2.39. The topological polar surface area (TPSA) is 26.3 Å². The van der Waals surface area contributed by atoms with E-state index in [1.54, 1.807) is 0 Å². The highest BCUT2D eigenvalue weighted by molar-refractivity contribution is 9.10. The molecule has 0 saturated heterocycles. The Morgan fingerprint density at radius 3 is 2.30 bits per heavy atom. The smallest absolute Gasteiger partial charge is 0.461 e. The molecule has 0 unspecified atom stereocenters. The second-order valence-corrected chi connectivity index (χ2v) is 4.75. The zero-order valence-corrected chi connectivity index (χ0v) is 11.8. The van der Waals surface area contributed by atoms with Gasteiger partial charge in [-0.25, -0.2) is 0 Å². The first kappa shape index (κ1) is 16.9. The van der Waals surface area contributed by atoms with Crippen molar-refractivity contribution in [2.45, 2.75) is 25.4 Å². The van der Waals surface area contributed by atoms with Gasteiger partial charge in [0.05, 0.1) is 11.1 Å². The summed E-state index contributed by atoms with van der Waals surface area (Å²) in [5.41, 5.74) is -0.747. The van der Waals surface area contributed by atoms with Gasteiger partial charge in [-0.05, 0) is 40.5 Å². The van der Waals surface area contributed by atoms with Crippen molar-refractivity contribution in [1.29, 1.82) is 0 Å². The quantitative estimate of drug-likeness (QED) is 0.565. The summed E-state index contributed by atoms with van der Waals surface area (Å²) < 4.78 is 67.5. The maximum atomic E-state index is 12.9. The average molecular weight is 361 g/mol. The van der Waals surface area contributed by atoms with E-state index in [4.69, 9.17) is 4.74 Å². The monoisotopic (exact) mass is 360 g/mol. The second-order valence-electron chi connectivity index (χ2n) is 3.89. The van der Waals surface area contributed by atoms with Crippen molar-refractivity contribution in [2.75, 3.05) is 6.61 Å². The molecule has 20 heavy (non-hydrogen) atoms. The van der Waals surface area contributed by atoms with Crippen molar-refractivity contribution in [3.8, 4) is 5.75 Å². The van der Waals surface area contributed by atoms with Crippen molar-refractivity contribution in [3.63, 3.8) is 0 Å². The first-order chi connectivity index (χ1) is 9.11. The third-order valence-corrected chi connectivity index (χ3v) is 2.92. The minimum atomic E-state index is -5.92. The van der Waals surface area contributed by atoms with Gasteiger partial charge in [0, 0.05) is 5.56 Å². The third kappa shape index (κ3) is 3.47. The van der Waals surface area contributed by atoms with Crippen molar-refractivity contribution >= 4 is 21.7 Å². The van der Waals surface area contributed by atoms with Gasteiger partial charge in [-0.3, -0.25) is 4.79 Å². The molecule has 1 aromatic rings. The average Bonchev–Trinajstić information content (AvgIpc) is 2.35. The molecular formula is C12H10BrF5O2. The predicted molar refractivity (Wildman–Crippen MR) is 65.3 cm³/mol. The Balaban J connectivity index is 3.04. The standard InChI is InChI=1S/C12H10BrF5O2/c1-2-5-20-9-4-3-7(6-8(9)13)10(19)11(14,15)12(16,17)18/h3-4,6H,2,5H2,1H3. The van der Waals surface area contributed by atoms with Crippen LogP contribution in [0.1, 0.15) is 23.7 Å². The summed E-state index contributed by atoms with van der Waals surface area (Å²) in [5, 5.41) is 0. The van der Waals surface area contributed by atoms with Crippen molar-refractivity contribution in [1.82, 2.24) is 0 Å². The van der Waals surface area contributed by atoms with Crippen LogP contribution in [-0.2, 0) is 0 Å². The maximum Gasteiger partial charge on any atom is 0.461 e. The second kappa shape index (κ2) is 6.07. The van der Waals surface area contributed by atoms with Crippen LogP contribution in [0, 0.1) is 0 Å². The van der Waals surface area contributed by atoms with E-state index in [1.165, 1.54) is 6.07 Å². The van der Waals surface area contributed by atoms with Crippen LogP contribution < -0.4 is 4.74 Å². The lowest BCUT2D eigenvalue weighted by atomic mass is 10.1. The Kier molecular flexibility index (Phi) is 5.12. The van der Waals surface area contributed by atoms with Gasteiger partial charge in [0.25, 0.3) is 0 Å². The highest BCUT2D eigenvalue weighted by atomic mass is 79.9. The lowest BCUT2D eigenvalue weighted by Gasteiger charge is -2.18. The molecule has 2 nitrogen and oxygen atoms in total. The minimum absolute atomic E-state index is 0.134. The largest absolute Gasteiger partial charge is 0.492 e. The van der Waals surface area contributed by atoms with Gasteiger partial charge in [0.2, 0.25) is 5.78 Å². The molecule has 0 bridgehead atoms. The van der Waals surface area contributed by atoms with E-state index in [-0.39, 0.29) is 10.2 Å². The number of ketones is 1. The van der Waals surface area contributed by atoms with Crippen LogP contribution >= 0.6 is 15.9 Å². The molecule has 0 radical (unpaired) electrons. The maximum absolute atomic E-state index is 12.9. The number of alkyl halides is 5. The Bertz CT molecular complexity index is 499. The number of Topliss-reactive ketones (excluding diaryl/α,β-unsaturated/α-hetero) is 1. The summed E-state index contributed by atoms with van der Waals surface area (Å²) in [5.74, 6) is -7.45. The van der Waals surface area contributed by atoms with Gasteiger partial charge in [-0.1, -0.05) is 6.92 Å². The number of benzene rings is 1. The van der Waals surface area contributed by atoms with E-state index in [0.29, 0.717) is 13.0 Å². The Morgan fingerprint density at radius 1 is 1.25 bits per heavy atom. The molecular weight excluding hydrogens is 351 g/mol. The number of hydrogen-bond donors (Lipinski definition) is 0. The summed E-state index contributed by atoms with van der Waals surface area (Å²) in [6.07, 6.45) is -5.23. The normalized spacial score (nSPS) is 12.3. The van der Waals surface area contributed by atoms with Crippen LogP contribution in [0.5, 0.6) is 5.75 Å². The fraction of sp³-hybridized carbons (Fsp3) is 0.417. The van der Waals surface area contributed by atoms with Crippen molar-refractivity contribution < 1.29 is 31.5 Å². The van der Waals surface area contributed by atoms with E-state index in [9.17, 15) is 26.7 Å². The predicted octanol–water partition coefficient (Wildman–Crippen LogP) is 4.62. The number of carbonyl (C=O) groups excluding carboxylic acids is 1. The molecule has 0 heterocycles. The van der Waals surface area contributed by atoms with Crippen LogP contribution in [0.2, 0.25) is 0 Å². The zero-order valence-electron chi connectivity index (χ0n) is 10.2. The number of carbonyl (C=O) groups is 1. The number of halogens is 6. The van der Waals surface area contributed by atoms with E-state index < -0.39 is 23.4 Å². The summed E-state index contributed by atoms with van der Waals surface area (Å²) in [6.45, 7) is 2.19. The first-order valence-electron chi connectivity index (χ1n) is 5.53. The zero-order chi connectivity index (χ0) is 15.6. The Morgan fingerprint density at radius 2 is 1.85 bits per heavy atom. The molecule has 0 aliphatic carbocycles. The summed E-state index contributed by atoms with van der Waals surface area (Å²) in [4.78, 5) is 11.3. The van der Waals surface area contributed by atoms with Crippen LogP contribution in [0.3, 0.4) is 0 Å². The van der Waals surface area contributed by atoms with Gasteiger partial charge in [-0.15, -0.1) is 0 Å². The van der Waals surface area contributed by atoms with Crippen LogP contribution in [0.25, 0.3) is 0 Å². The summed E-state index contributed by atoms with van der Waals surface area (Å²) in [6, 6.07) is 2.92. The van der Waals surface area contributed by atoms with E-state index >= 15 is 0 Å². The molecule has 0 N–H and O–H groups in total. The lowest BCUT2D eigenvalue weighted by molar-refractivity contribution is -0.255. The van der Waals surface area contributed by atoms with Crippen molar-refractivity contribution in [2.24, 2.45) is 0 Å². The molecule has 1 rings (SSSR count). The first-order valence-corrected chi connectivity index (χ1v) is 6.32. The number of ether oxygens (including phenoxy) is 1. The minimum Gasteiger partial charge on any atom is -0.492 e. The molecule has 0 aromatic heterocycles. The fourth-order valence-electron chi connectivity index (χ4n) is 1.28. The molecule has 0 aliphatic heterocycles. The Hall–Kier alpha value is -1.18. The summed E-state index contributed by atoms with van der Waals surface area (Å²) in [7, 11) is 0. The molecule has 0 saturated carbocycles. The van der Waals surface area contributed by atoms with Gasteiger partial charge >= 0.3 is 12.1 Å². The van der Waals surface area contributed by atoms with E-state index in [2.05, 4.69) is 15.9 Å². The molecule has 1 aromatic carbocycles. The van der Waals surface area contributed by atoms with E-state index in [1.807, 2.05) is 6.92 Å². The van der Waals surface area contributed by atoms with Crippen LogP contribution in [0.4, 0.5) is 22.0 Å². The Labute approximate surface area is 120 Å². The van der Waals surface area contributed by atoms with Crippen molar-refractivity contribution in [3.05, 3.63) is 28.2 Å². The van der Waals surface area contributed by atoms with Crippen LogP contribution in [0.15, 0.2) is 22.7 Å². The van der Waals surface area contributed by atoms with Crippen LogP contribution in [-0.4, -0.2) is 24.5 Å². The highest BCUT2D eigenvalue weighted by Gasteiger charge is 2.63. The number of hydrogen-bond acceptors (Lipinski definition) is 2. The van der Waals surface area contributed by atoms with Gasteiger partial charge in [-0.2, -0.15) is 22.0 Å². The van der Waals surface area contributed by atoms with Gasteiger partial charge < -0.3 is 4.74 Å². The molecule has 0 aliphatic rings. The summed E-state index contributed by atoms with van der Waals surface area (Å²) >= 11 is 2.96. The molecule has 0 fully saturated rings. The lowest BCUT2D eigenvalue weighted by Crippen LogP contribution is -2.44. The van der Waals surface area contributed by atoms with Gasteiger partial charge in [0.1, 0.15) is 5.75 Å². The molecule has 0 amide bonds. The third-order valence-electron chi connectivity index (χ3n) is 2.30. The fourth-order valence-corrected chi connectivity index (χ4v) is 1.77. The van der Waals surface area contributed by atoms with Gasteiger partial charge in [0.15, 0.2) is 0 Å².